The van der Waals surface area contributed by atoms with Crippen molar-refractivity contribution in [2.75, 3.05) is 44.2 Å². The number of aliphatic hydroxyl groups is 1. The number of thiophene rings is 1. The lowest BCUT2D eigenvalue weighted by molar-refractivity contribution is -0.144. The summed E-state index contributed by atoms with van der Waals surface area (Å²) in [6.45, 7) is 19.1. The maximum Gasteiger partial charge on any atom is 0.306 e. The van der Waals surface area contributed by atoms with Crippen LogP contribution in [0.3, 0.4) is 0 Å². The Bertz CT molecular complexity index is 2680. The van der Waals surface area contributed by atoms with Crippen LogP contribution in [0.5, 0.6) is 0 Å². The Labute approximate surface area is 399 Å². The molecule has 6 heterocycles. The second-order valence-corrected chi connectivity index (χ2v) is 21.1. The van der Waals surface area contributed by atoms with Gasteiger partial charge in [0.25, 0.3) is 0 Å². The minimum Gasteiger partial charge on any atom is -0.481 e. The van der Waals surface area contributed by atoms with Crippen LogP contribution in [-0.4, -0.2) is 127 Å². The molecule has 354 valence electrons. The van der Waals surface area contributed by atoms with Gasteiger partial charge in [-0.2, -0.15) is 0 Å². The fraction of sp³-hybridized carbons (Fsp3) is 0.469. The molecular formula is C49H60N10O6S2. The van der Waals surface area contributed by atoms with Gasteiger partial charge in [0.15, 0.2) is 5.82 Å². The lowest BCUT2D eigenvalue weighted by atomic mass is 9.85. The summed E-state index contributed by atoms with van der Waals surface area (Å²) < 4.78 is 1.95. The number of thiazole rings is 1. The molecule has 0 aliphatic carbocycles. The van der Waals surface area contributed by atoms with E-state index in [0.717, 1.165) is 85.8 Å². The molecule has 5 atom stereocenters. The van der Waals surface area contributed by atoms with Crippen molar-refractivity contribution in [2.24, 2.45) is 10.4 Å². The summed E-state index contributed by atoms with van der Waals surface area (Å²) in [5, 5.41) is 36.2. The molecule has 0 spiro atoms. The summed E-state index contributed by atoms with van der Waals surface area (Å²) in [4.78, 5) is 71.2. The normalized spacial score (nSPS) is 19.5. The number of nitrogens with zero attached hydrogens (tertiary/aromatic N) is 8. The Balaban J connectivity index is 0.859. The number of hydrogen-bond acceptors (Lipinski definition) is 13. The van der Waals surface area contributed by atoms with E-state index in [-0.39, 0.29) is 49.6 Å². The molecule has 3 aliphatic heterocycles. The summed E-state index contributed by atoms with van der Waals surface area (Å²) in [5.41, 5.74) is 8.84. The van der Waals surface area contributed by atoms with Gasteiger partial charge in [0.2, 0.25) is 17.7 Å². The number of carboxylic acids is 1. The monoisotopic (exact) mass is 948 g/mol. The minimum atomic E-state index is -0.958. The Hall–Kier alpha value is -5.82. The van der Waals surface area contributed by atoms with Crippen LogP contribution in [0.25, 0.3) is 15.4 Å². The Morgan fingerprint density at radius 1 is 0.910 bits per heavy atom. The molecule has 67 heavy (non-hydrogen) atoms. The molecule has 2 saturated heterocycles. The van der Waals surface area contributed by atoms with Crippen molar-refractivity contribution in [3.63, 3.8) is 0 Å². The van der Waals surface area contributed by atoms with E-state index >= 15 is 0 Å². The molecule has 2 unspecified atom stereocenters. The average molecular weight is 949 g/mol. The number of carbonyl (C=O) groups excluding carboxylic acids is 3. The van der Waals surface area contributed by atoms with E-state index in [1.807, 2.05) is 88.0 Å². The van der Waals surface area contributed by atoms with Crippen molar-refractivity contribution in [1.82, 2.24) is 40.2 Å². The topological polar surface area (TPSA) is 198 Å². The Morgan fingerprint density at radius 3 is 2.24 bits per heavy atom. The van der Waals surface area contributed by atoms with E-state index in [2.05, 4.69) is 61.6 Å². The molecule has 8 rings (SSSR count). The number of fused-ring (bicyclic) bond motifs is 3. The molecule has 2 aromatic carbocycles. The molecule has 18 heteroatoms. The number of piperazine rings is 1. The van der Waals surface area contributed by atoms with Gasteiger partial charge in [0.1, 0.15) is 29.0 Å². The number of amides is 3. The van der Waals surface area contributed by atoms with Gasteiger partial charge in [-0.25, -0.2) is 4.98 Å². The molecular weight excluding hydrogens is 889 g/mol. The quantitative estimate of drug-likeness (QED) is 0.109. The Morgan fingerprint density at radius 2 is 1.60 bits per heavy atom. The predicted octanol–water partition coefficient (Wildman–Crippen LogP) is 5.93. The zero-order chi connectivity index (χ0) is 47.9. The molecule has 4 N–H and O–H groups in total. The first-order valence-corrected chi connectivity index (χ1v) is 24.6. The number of carbonyl (C=O) groups is 4. The van der Waals surface area contributed by atoms with Gasteiger partial charge in [-0.1, -0.05) is 57.2 Å². The zero-order valence-electron chi connectivity index (χ0n) is 39.4. The molecule has 0 bridgehead atoms. The third-order valence-corrected chi connectivity index (χ3v) is 15.4. The number of benzene rings is 2. The van der Waals surface area contributed by atoms with Gasteiger partial charge in [-0.15, -0.1) is 32.9 Å². The molecule has 3 aliphatic rings. The second-order valence-electron chi connectivity index (χ2n) is 19.0. The molecule has 2 fully saturated rings. The highest BCUT2D eigenvalue weighted by Crippen LogP contribution is 2.40. The van der Waals surface area contributed by atoms with Crippen molar-refractivity contribution in [3.05, 3.63) is 98.5 Å². The number of likely N-dealkylation sites (tertiary alicyclic amines) is 1. The smallest absolute Gasteiger partial charge is 0.306 e. The number of hydrogen-bond donors (Lipinski definition) is 4. The lowest BCUT2D eigenvalue weighted by Gasteiger charge is -2.37. The van der Waals surface area contributed by atoms with Gasteiger partial charge < -0.3 is 30.6 Å². The number of anilines is 1. The summed E-state index contributed by atoms with van der Waals surface area (Å²) in [5.74, 6) is -0.736. The van der Waals surface area contributed by atoms with E-state index < -0.39 is 35.6 Å². The molecule has 3 amide bonds. The van der Waals surface area contributed by atoms with Crippen LogP contribution in [0.4, 0.5) is 5.69 Å². The molecule has 5 aromatic rings. The maximum atomic E-state index is 14.3. The van der Waals surface area contributed by atoms with Crippen LogP contribution in [0.1, 0.15) is 104 Å². The van der Waals surface area contributed by atoms with E-state index in [1.54, 1.807) is 22.7 Å². The summed E-state index contributed by atoms with van der Waals surface area (Å²) >= 11 is 3.21. The first-order chi connectivity index (χ1) is 31.9. The largest absolute Gasteiger partial charge is 0.481 e. The highest BCUT2D eigenvalue weighted by atomic mass is 32.1. The third-order valence-electron chi connectivity index (χ3n) is 13.2. The summed E-state index contributed by atoms with van der Waals surface area (Å²) in [6, 6.07) is 13.4. The van der Waals surface area contributed by atoms with Crippen molar-refractivity contribution in [3.8, 4) is 15.4 Å². The van der Waals surface area contributed by atoms with Crippen LogP contribution in [0.2, 0.25) is 0 Å². The van der Waals surface area contributed by atoms with Crippen LogP contribution < -0.4 is 15.5 Å². The number of aryl methyl sites for hydroxylation is 3. The first kappa shape index (κ1) is 47.7. The standard InChI is InChI=1S/C49H60N10O6S2/c1-27-30(4)67-48-41(27)42(52-37(24-40(62)63)45-55-54-31(5)59(45)48)33-13-15-35(16-14-33)57-21-19-56(20-22-57)18-17-39(61)53-44(49(6,7)8)47(65)58-25-36(60)23-38(58)46(64)51-28(2)32-9-11-34(12-10-32)43-29(3)50-26-66-43/h9-16,26,28,36-38,44,60H,17-25H2,1-8H3,(H,51,64)(H,53,61)(H,62,63)/t28?,36-,37+,38+,44?/m1/s1. The van der Waals surface area contributed by atoms with E-state index in [1.165, 1.54) is 4.90 Å². The molecule has 16 nitrogen and oxygen atoms in total. The number of β-amino-alcohol motifs (C(OH)–C–C–N with tert-alkyl or cyclic N) is 1. The number of nitrogens with one attached hydrogen (secondary N) is 2. The van der Waals surface area contributed by atoms with Gasteiger partial charge >= 0.3 is 5.97 Å². The van der Waals surface area contributed by atoms with Crippen molar-refractivity contribution in [1.29, 1.82) is 0 Å². The van der Waals surface area contributed by atoms with Crippen molar-refractivity contribution < 1.29 is 29.4 Å². The maximum absolute atomic E-state index is 14.3. The number of carboxylic acid groups (broad SMARTS) is 1. The molecule has 0 radical (unpaired) electrons. The van der Waals surface area contributed by atoms with Crippen molar-refractivity contribution >= 4 is 57.8 Å². The minimum absolute atomic E-state index is 0.00486. The number of aliphatic carboxylic acids is 1. The fourth-order valence-corrected chi connectivity index (χ4v) is 11.3. The van der Waals surface area contributed by atoms with Gasteiger partial charge in [-0.05, 0) is 68.9 Å². The SMILES string of the molecule is Cc1ncsc1-c1ccc(C(C)NC(=O)[C@@H]2C[C@@H](O)CN2C(=O)C(NC(=O)CCN2CCN(c3ccc(C4=N[C@@H](CC(=O)O)c5nnc(C)n5-c5sc(C)c(C)c54)cc3)CC2)C(C)(C)C)cc1. The molecule has 0 saturated carbocycles. The fourth-order valence-electron chi connectivity index (χ4n) is 9.26. The predicted molar refractivity (Wildman–Crippen MR) is 260 cm³/mol. The second kappa shape index (κ2) is 19.4. The first-order valence-electron chi connectivity index (χ1n) is 22.9. The molecule has 3 aromatic heterocycles. The van der Waals surface area contributed by atoms with Gasteiger partial charge in [-0.3, -0.25) is 33.6 Å². The zero-order valence-corrected chi connectivity index (χ0v) is 41.0. The number of aliphatic hydroxyl groups excluding tert-OH is 1. The van der Waals surface area contributed by atoms with E-state index in [4.69, 9.17) is 4.99 Å². The van der Waals surface area contributed by atoms with Crippen molar-refractivity contribution in [2.45, 2.75) is 105 Å². The lowest BCUT2D eigenvalue weighted by Crippen LogP contribution is -2.58. The summed E-state index contributed by atoms with van der Waals surface area (Å²) in [6.07, 6.45) is -0.760. The van der Waals surface area contributed by atoms with Crippen LogP contribution in [0.15, 0.2) is 59.0 Å². The van der Waals surface area contributed by atoms with E-state index in [9.17, 15) is 29.4 Å². The Kier molecular flexibility index (Phi) is 13.8. The summed E-state index contributed by atoms with van der Waals surface area (Å²) in [7, 11) is 0. The van der Waals surface area contributed by atoms with Gasteiger partial charge in [0.05, 0.1) is 40.4 Å². The van der Waals surface area contributed by atoms with Crippen LogP contribution >= 0.6 is 22.7 Å². The number of aliphatic imine (C=N–C) groups is 1. The highest BCUT2D eigenvalue weighted by molar-refractivity contribution is 7.15. The third kappa shape index (κ3) is 10.1. The van der Waals surface area contributed by atoms with Crippen LogP contribution in [0, 0.1) is 33.1 Å². The van der Waals surface area contributed by atoms with E-state index in [0.29, 0.717) is 18.2 Å². The van der Waals surface area contributed by atoms with Gasteiger partial charge in [0, 0.05) is 73.8 Å². The average Bonchev–Trinajstić information content (AvgIpc) is 4.06. The number of aromatic nitrogens is 4. The number of rotatable bonds is 13. The van der Waals surface area contributed by atoms with Crippen LogP contribution in [-0.2, 0) is 19.2 Å². The highest BCUT2D eigenvalue weighted by Gasteiger charge is 2.45.